The Morgan fingerprint density at radius 1 is 1.28 bits per heavy atom. The summed E-state index contributed by atoms with van der Waals surface area (Å²) < 4.78 is 0. The van der Waals surface area contributed by atoms with Crippen molar-refractivity contribution in [1.29, 1.82) is 0 Å². The molecule has 0 radical (unpaired) electrons. The molecule has 2 amide bonds. The van der Waals surface area contributed by atoms with Crippen molar-refractivity contribution in [3.63, 3.8) is 0 Å². The first kappa shape index (κ1) is 19.4. The van der Waals surface area contributed by atoms with E-state index in [0.717, 1.165) is 12.1 Å². The van der Waals surface area contributed by atoms with Crippen molar-refractivity contribution in [2.45, 2.75) is 39.2 Å². The largest absolute Gasteiger partial charge is 0.347 e. The minimum Gasteiger partial charge on any atom is -0.347 e. The molecule has 0 aliphatic carbocycles. The van der Waals surface area contributed by atoms with Crippen LogP contribution in [0, 0.1) is 12.8 Å². The summed E-state index contributed by atoms with van der Waals surface area (Å²) in [7, 11) is 3.98. The molecular formula is C20H31N3O2. The van der Waals surface area contributed by atoms with Crippen LogP contribution < -0.4 is 5.32 Å². The zero-order valence-electron chi connectivity index (χ0n) is 16.1. The van der Waals surface area contributed by atoms with Crippen LogP contribution in [0.25, 0.3) is 0 Å². The molecule has 0 spiro atoms. The molecule has 2 rings (SSSR count). The van der Waals surface area contributed by atoms with Crippen molar-refractivity contribution in [2.24, 2.45) is 5.92 Å². The van der Waals surface area contributed by atoms with E-state index in [1.165, 1.54) is 5.56 Å². The number of nitrogens with zero attached hydrogens (tertiary/aromatic N) is 2. The fourth-order valence-corrected chi connectivity index (χ4v) is 3.12. The smallest absolute Gasteiger partial charge is 0.225 e. The molecule has 1 aliphatic heterocycles. The Kier molecular flexibility index (Phi) is 6.22. The maximum absolute atomic E-state index is 12.8. The average Bonchev–Trinajstić information content (AvgIpc) is 2.53. The number of benzene rings is 1. The van der Waals surface area contributed by atoms with Crippen molar-refractivity contribution in [2.75, 3.05) is 33.7 Å². The number of likely N-dealkylation sites (N-methyl/N-ethyl adjacent to an activating group) is 1. The van der Waals surface area contributed by atoms with Crippen molar-refractivity contribution >= 4 is 11.8 Å². The summed E-state index contributed by atoms with van der Waals surface area (Å²) in [4.78, 5) is 28.8. The van der Waals surface area contributed by atoms with Crippen molar-refractivity contribution in [1.82, 2.24) is 15.1 Å². The van der Waals surface area contributed by atoms with Gasteiger partial charge < -0.3 is 15.1 Å². The second kappa shape index (κ2) is 8.00. The van der Waals surface area contributed by atoms with E-state index < -0.39 is 5.54 Å². The number of likely N-dealkylation sites (tertiary alicyclic amines) is 1. The third kappa shape index (κ3) is 5.30. The molecule has 1 fully saturated rings. The summed E-state index contributed by atoms with van der Waals surface area (Å²) in [6, 6.07) is 8.24. The Morgan fingerprint density at radius 3 is 2.52 bits per heavy atom. The lowest BCUT2D eigenvalue weighted by Crippen LogP contribution is -2.50. The molecule has 0 bridgehead atoms. The number of carbonyl (C=O) groups is 2. The van der Waals surface area contributed by atoms with Crippen LogP contribution in [0.3, 0.4) is 0 Å². The molecule has 1 aromatic rings. The van der Waals surface area contributed by atoms with Gasteiger partial charge in [-0.05, 0) is 46.9 Å². The highest BCUT2D eigenvalue weighted by atomic mass is 16.2. The molecule has 0 aromatic heterocycles. The highest BCUT2D eigenvalue weighted by Crippen LogP contribution is 2.23. The molecule has 1 heterocycles. The quantitative estimate of drug-likeness (QED) is 0.859. The van der Waals surface area contributed by atoms with Gasteiger partial charge in [0, 0.05) is 26.1 Å². The first-order valence-corrected chi connectivity index (χ1v) is 9.01. The van der Waals surface area contributed by atoms with E-state index in [2.05, 4.69) is 41.4 Å². The van der Waals surface area contributed by atoms with E-state index in [-0.39, 0.29) is 17.7 Å². The van der Waals surface area contributed by atoms with Crippen LogP contribution in [0.5, 0.6) is 0 Å². The number of carbonyl (C=O) groups excluding carboxylic acids is 2. The molecule has 1 aromatic carbocycles. The van der Waals surface area contributed by atoms with Crippen LogP contribution in [0.4, 0.5) is 0 Å². The van der Waals surface area contributed by atoms with Crippen LogP contribution >= 0.6 is 0 Å². The Labute approximate surface area is 151 Å². The van der Waals surface area contributed by atoms with Gasteiger partial charge in [0.05, 0.1) is 11.5 Å². The van der Waals surface area contributed by atoms with Gasteiger partial charge in [-0.25, -0.2) is 0 Å². The van der Waals surface area contributed by atoms with Gasteiger partial charge in [-0.1, -0.05) is 29.8 Å². The van der Waals surface area contributed by atoms with Crippen molar-refractivity contribution in [3.05, 3.63) is 35.4 Å². The second-order valence-electron chi connectivity index (χ2n) is 7.86. The predicted octanol–water partition coefficient (Wildman–Crippen LogP) is 2.15. The summed E-state index contributed by atoms with van der Waals surface area (Å²) in [5.41, 5.74) is 1.86. The second-order valence-corrected chi connectivity index (χ2v) is 7.86. The number of piperidine rings is 1. The number of rotatable bonds is 6. The third-order valence-corrected chi connectivity index (χ3v) is 4.90. The van der Waals surface area contributed by atoms with Gasteiger partial charge in [-0.15, -0.1) is 0 Å². The molecule has 1 N–H and O–H groups in total. The fraction of sp³-hybridized carbons (Fsp3) is 0.600. The number of nitrogens with one attached hydrogen (secondary N) is 1. The van der Waals surface area contributed by atoms with Crippen LogP contribution in [0.1, 0.15) is 37.8 Å². The Hall–Kier alpha value is -1.88. The minimum atomic E-state index is -0.430. The summed E-state index contributed by atoms with van der Waals surface area (Å²) in [5.74, 6) is 0.0567. The number of amides is 2. The highest BCUT2D eigenvalue weighted by Gasteiger charge is 2.33. The fourth-order valence-electron chi connectivity index (χ4n) is 3.12. The Morgan fingerprint density at radius 2 is 1.92 bits per heavy atom. The molecule has 1 atom stereocenters. The third-order valence-electron chi connectivity index (χ3n) is 4.90. The van der Waals surface area contributed by atoms with E-state index in [0.29, 0.717) is 25.9 Å². The molecule has 138 valence electrons. The average molecular weight is 345 g/mol. The Balaban J connectivity index is 1.99. The van der Waals surface area contributed by atoms with Crippen molar-refractivity contribution < 1.29 is 9.59 Å². The molecule has 5 nitrogen and oxygen atoms in total. The van der Waals surface area contributed by atoms with Crippen LogP contribution in [-0.2, 0) is 15.1 Å². The number of hydrogen-bond acceptors (Lipinski definition) is 3. The molecule has 25 heavy (non-hydrogen) atoms. The molecule has 1 saturated heterocycles. The summed E-state index contributed by atoms with van der Waals surface area (Å²) in [5, 5.41) is 3.17. The van der Waals surface area contributed by atoms with Gasteiger partial charge in [0.2, 0.25) is 11.8 Å². The van der Waals surface area contributed by atoms with Gasteiger partial charge in [-0.2, -0.15) is 0 Å². The van der Waals surface area contributed by atoms with Crippen LogP contribution in [-0.4, -0.2) is 55.3 Å². The first-order valence-electron chi connectivity index (χ1n) is 9.01. The van der Waals surface area contributed by atoms with E-state index >= 15 is 0 Å². The lowest BCUT2D eigenvalue weighted by Gasteiger charge is -2.35. The van der Waals surface area contributed by atoms with E-state index in [1.54, 1.807) is 0 Å². The molecule has 0 saturated carbocycles. The maximum atomic E-state index is 12.8. The molecular weight excluding hydrogens is 314 g/mol. The van der Waals surface area contributed by atoms with Crippen LogP contribution in [0.15, 0.2) is 24.3 Å². The molecule has 1 unspecified atom stereocenters. The normalized spacial score (nSPS) is 18.6. The summed E-state index contributed by atoms with van der Waals surface area (Å²) >= 11 is 0. The topological polar surface area (TPSA) is 52.7 Å². The molecule has 1 aliphatic rings. The van der Waals surface area contributed by atoms with E-state index in [9.17, 15) is 9.59 Å². The lowest BCUT2D eigenvalue weighted by molar-refractivity contribution is -0.138. The summed E-state index contributed by atoms with van der Waals surface area (Å²) in [6.45, 7) is 8.10. The van der Waals surface area contributed by atoms with Gasteiger partial charge in [-0.3, -0.25) is 9.59 Å². The van der Waals surface area contributed by atoms with Gasteiger partial charge in [0.25, 0.3) is 0 Å². The Bertz CT molecular complexity index is 608. The SMILES string of the molecule is Cc1ccc(C(C)(C)NC(=O)C2CCC(=O)N(CCN(C)C)C2)cc1. The van der Waals surface area contributed by atoms with E-state index in [4.69, 9.17) is 0 Å². The lowest BCUT2D eigenvalue weighted by atomic mass is 9.90. The standard InChI is InChI=1S/C20H31N3O2/c1-15-6-9-17(10-7-15)20(2,3)21-19(25)16-8-11-18(24)23(14-16)13-12-22(4)5/h6-7,9-10,16H,8,11-14H2,1-5H3,(H,21,25). The summed E-state index contributed by atoms with van der Waals surface area (Å²) in [6.07, 6.45) is 1.09. The predicted molar refractivity (Wildman–Crippen MR) is 100 cm³/mol. The van der Waals surface area contributed by atoms with Gasteiger partial charge >= 0.3 is 0 Å². The maximum Gasteiger partial charge on any atom is 0.225 e. The monoisotopic (exact) mass is 345 g/mol. The van der Waals surface area contributed by atoms with Crippen molar-refractivity contribution in [3.8, 4) is 0 Å². The van der Waals surface area contributed by atoms with Gasteiger partial charge in [0.1, 0.15) is 0 Å². The zero-order chi connectivity index (χ0) is 18.6. The minimum absolute atomic E-state index is 0.0351. The van der Waals surface area contributed by atoms with Gasteiger partial charge in [0.15, 0.2) is 0 Å². The number of hydrogen-bond donors (Lipinski definition) is 1. The number of aryl methyl sites for hydroxylation is 1. The first-order chi connectivity index (χ1) is 11.7. The van der Waals surface area contributed by atoms with Crippen LogP contribution in [0.2, 0.25) is 0 Å². The zero-order valence-corrected chi connectivity index (χ0v) is 16.1. The van der Waals surface area contributed by atoms with E-state index in [1.807, 2.05) is 32.8 Å². The molecule has 5 heteroatoms. The highest BCUT2D eigenvalue weighted by molar-refractivity contribution is 5.84.